The third-order valence-electron chi connectivity index (χ3n) is 5.06. The molecule has 0 N–H and O–H groups in total. The van der Waals surface area contributed by atoms with E-state index in [1.807, 2.05) is 60.7 Å². The summed E-state index contributed by atoms with van der Waals surface area (Å²) >= 11 is -4.11. The van der Waals surface area contributed by atoms with Crippen molar-refractivity contribution in [3.05, 3.63) is 89.5 Å². The van der Waals surface area contributed by atoms with E-state index in [1.54, 1.807) is 0 Å². The second-order valence-electron chi connectivity index (χ2n) is 7.97. The van der Waals surface area contributed by atoms with E-state index in [0.29, 0.717) is 0 Å². The molecule has 3 aromatic carbocycles. The molecule has 0 fully saturated rings. The fourth-order valence-corrected chi connectivity index (χ4v) is 11.4. The van der Waals surface area contributed by atoms with Crippen LogP contribution >= 0.6 is 0 Å². The van der Waals surface area contributed by atoms with Gasteiger partial charge in [-0.25, -0.2) is 0 Å². The molecule has 0 bridgehead atoms. The van der Waals surface area contributed by atoms with Gasteiger partial charge in [-0.1, -0.05) is 0 Å². The first-order valence-corrected chi connectivity index (χ1v) is 14.0. The van der Waals surface area contributed by atoms with Crippen LogP contribution in [0, 0.1) is 13.8 Å². The molecule has 0 saturated carbocycles. The first kappa shape index (κ1) is 19.1. The average molecular weight is 453 g/mol. The van der Waals surface area contributed by atoms with Crippen molar-refractivity contribution in [2.75, 3.05) is 0 Å². The van der Waals surface area contributed by atoms with Gasteiger partial charge in [0.05, 0.1) is 0 Å². The molecule has 0 aliphatic rings. The Morgan fingerprint density at radius 2 is 1.15 bits per heavy atom. The molecule has 0 aliphatic carbocycles. The summed E-state index contributed by atoms with van der Waals surface area (Å²) < 4.78 is 17.6. The van der Waals surface area contributed by atoms with E-state index in [1.165, 1.54) is 16.7 Å². The van der Waals surface area contributed by atoms with Gasteiger partial charge in [-0.2, -0.15) is 0 Å². The van der Waals surface area contributed by atoms with E-state index in [2.05, 4.69) is 46.8 Å². The summed E-state index contributed by atoms with van der Waals surface area (Å²) in [5.74, 6) is 0. The summed E-state index contributed by atoms with van der Waals surface area (Å²) in [5.41, 5.74) is 3.82. The minimum atomic E-state index is -4.11. The molecule has 0 atom stereocenters. The van der Waals surface area contributed by atoms with Crippen molar-refractivity contribution in [2.24, 2.45) is 0 Å². The molecule has 0 radical (unpaired) electrons. The topological polar surface area (TPSA) is 17.1 Å². The second kappa shape index (κ2) is 7.12. The summed E-state index contributed by atoms with van der Waals surface area (Å²) in [6.07, 6.45) is 0. The Bertz CT molecular complexity index is 907. The van der Waals surface area contributed by atoms with Gasteiger partial charge in [0, 0.05) is 0 Å². The molecule has 3 aromatic rings. The van der Waals surface area contributed by atoms with Crippen LogP contribution in [0.2, 0.25) is 0 Å². The van der Waals surface area contributed by atoms with Gasteiger partial charge >= 0.3 is 162 Å². The molecule has 134 valence electrons. The fraction of sp³-hybridized carbons (Fsp3) is 0.250. The zero-order chi connectivity index (χ0) is 18.9. The maximum atomic E-state index is 14.6. The van der Waals surface area contributed by atoms with Crippen molar-refractivity contribution in [1.82, 2.24) is 0 Å². The molecular formula is C24H27OSb. The molecule has 2 heteroatoms. The van der Waals surface area contributed by atoms with Crippen LogP contribution in [0.3, 0.4) is 0 Å². The molecule has 3 rings (SSSR count). The SMILES string of the molecule is Cc1c[c]([Sb](=[O])([c]2ccccc2)[c]2ccccc2)cc(C(C)(C)C)c1C. The van der Waals surface area contributed by atoms with E-state index in [0.717, 1.165) is 10.5 Å². The van der Waals surface area contributed by atoms with Crippen LogP contribution in [0.4, 0.5) is 0 Å². The third-order valence-corrected chi connectivity index (χ3v) is 13.7. The average Bonchev–Trinajstić information content (AvgIpc) is 2.63. The van der Waals surface area contributed by atoms with Crippen molar-refractivity contribution in [1.29, 1.82) is 0 Å². The molecule has 0 spiro atoms. The predicted molar refractivity (Wildman–Crippen MR) is 113 cm³/mol. The van der Waals surface area contributed by atoms with Gasteiger partial charge in [-0.3, -0.25) is 0 Å². The number of aryl methyl sites for hydroxylation is 1. The van der Waals surface area contributed by atoms with Gasteiger partial charge in [0.25, 0.3) is 0 Å². The zero-order valence-electron chi connectivity index (χ0n) is 16.3. The summed E-state index contributed by atoms with van der Waals surface area (Å²) in [4.78, 5) is 0. The van der Waals surface area contributed by atoms with Gasteiger partial charge in [0.2, 0.25) is 0 Å². The maximum absolute atomic E-state index is 14.6. The Morgan fingerprint density at radius 1 is 0.692 bits per heavy atom. The number of hydrogen-bond donors (Lipinski definition) is 0. The third kappa shape index (κ3) is 3.42. The monoisotopic (exact) mass is 452 g/mol. The molecule has 0 unspecified atom stereocenters. The van der Waals surface area contributed by atoms with Crippen molar-refractivity contribution < 1.29 is 3.02 Å². The Kier molecular flexibility index (Phi) is 5.22. The molecular weight excluding hydrogens is 426 g/mol. The Hall–Kier alpha value is -1.72. The van der Waals surface area contributed by atoms with E-state index >= 15 is 0 Å². The van der Waals surface area contributed by atoms with Gasteiger partial charge < -0.3 is 0 Å². The van der Waals surface area contributed by atoms with Crippen LogP contribution in [0.25, 0.3) is 0 Å². The summed E-state index contributed by atoms with van der Waals surface area (Å²) in [6.45, 7) is 11.0. The fourth-order valence-electron chi connectivity index (χ4n) is 3.52. The molecule has 0 aromatic heterocycles. The van der Waals surface area contributed by atoms with Crippen LogP contribution in [0.1, 0.15) is 37.5 Å². The number of rotatable bonds is 3. The standard InChI is InChI=1S/C12H17.2C6H5.O.Sb/c1-9-7-6-8-11(10(9)2)12(3,4)5;2*1-2-4-6-5-3-1;;/h7-8H,1-5H3;2*1-5H;;. The zero-order valence-corrected chi connectivity index (χ0v) is 18.8. The summed E-state index contributed by atoms with van der Waals surface area (Å²) in [6, 6.07) is 24.4. The van der Waals surface area contributed by atoms with Crippen LogP contribution < -0.4 is 10.5 Å². The van der Waals surface area contributed by atoms with Crippen molar-refractivity contribution in [2.45, 2.75) is 40.0 Å². The van der Waals surface area contributed by atoms with Crippen LogP contribution in [-0.2, 0) is 8.43 Å². The van der Waals surface area contributed by atoms with E-state index in [-0.39, 0.29) is 5.41 Å². The van der Waals surface area contributed by atoms with E-state index in [4.69, 9.17) is 0 Å². The summed E-state index contributed by atoms with van der Waals surface area (Å²) in [7, 11) is 0. The van der Waals surface area contributed by atoms with Crippen LogP contribution in [-0.4, -0.2) is 18.8 Å². The van der Waals surface area contributed by atoms with Gasteiger partial charge in [0.1, 0.15) is 0 Å². The molecule has 1 nitrogen and oxygen atoms in total. The molecule has 0 amide bonds. The van der Waals surface area contributed by atoms with E-state index in [9.17, 15) is 3.02 Å². The minimum absolute atomic E-state index is 0.0173. The normalized spacial score (nSPS) is 12.2. The first-order chi connectivity index (χ1) is 12.2. The molecule has 0 aliphatic heterocycles. The quantitative estimate of drug-likeness (QED) is 0.549. The molecule has 0 saturated heterocycles. The number of hydrogen-bond acceptors (Lipinski definition) is 1. The second-order valence-corrected chi connectivity index (χ2v) is 15.9. The van der Waals surface area contributed by atoms with Gasteiger partial charge in [0.15, 0.2) is 0 Å². The Labute approximate surface area is 161 Å². The predicted octanol–water partition coefficient (Wildman–Crippen LogP) is 4.00. The van der Waals surface area contributed by atoms with Gasteiger partial charge in [-0.15, -0.1) is 0 Å². The Balaban J connectivity index is 2.35. The van der Waals surface area contributed by atoms with Crippen LogP contribution in [0.15, 0.2) is 72.8 Å². The van der Waals surface area contributed by atoms with E-state index < -0.39 is 18.8 Å². The van der Waals surface area contributed by atoms with Gasteiger partial charge in [-0.05, 0) is 0 Å². The van der Waals surface area contributed by atoms with Crippen LogP contribution in [0.5, 0.6) is 0 Å². The molecule has 0 heterocycles. The summed E-state index contributed by atoms with van der Waals surface area (Å²) in [5, 5.41) is 0. The van der Waals surface area contributed by atoms with Crippen molar-refractivity contribution in [3.63, 3.8) is 0 Å². The van der Waals surface area contributed by atoms with Crippen molar-refractivity contribution in [3.8, 4) is 0 Å². The molecule has 26 heavy (non-hydrogen) atoms. The number of benzene rings is 3. The first-order valence-electron chi connectivity index (χ1n) is 9.08. The van der Waals surface area contributed by atoms with Crippen molar-refractivity contribution >= 4 is 29.3 Å². The Morgan fingerprint density at radius 3 is 1.58 bits per heavy atom.